The number of benzene rings is 1. The highest BCUT2D eigenvalue weighted by molar-refractivity contribution is 7.10. The predicted molar refractivity (Wildman–Crippen MR) is 111 cm³/mol. The van der Waals surface area contributed by atoms with E-state index in [1.54, 1.807) is 23.5 Å². The van der Waals surface area contributed by atoms with Gasteiger partial charge in [-0.3, -0.25) is 9.59 Å². The number of hydrogen-bond acceptors (Lipinski definition) is 4. The molecule has 2 aromatic heterocycles. The second kappa shape index (κ2) is 7.89. The Hall–Kier alpha value is -2.44. The van der Waals surface area contributed by atoms with Crippen LogP contribution in [0.15, 0.2) is 51.0 Å². The monoisotopic (exact) mass is 397 g/mol. The summed E-state index contributed by atoms with van der Waals surface area (Å²) in [5, 5.41) is 2.52. The van der Waals surface area contributed by atoms with Gasteiger partial charge in [-0.2, -0.15) is 0 Å². The van der Waals surface area contributed by atoms with Crippen molar-refractivity contribution < 1.29 is 14.1 Å². The third-order valence-corrected chi connectivity index (χ3v) is 6.54. The van der Waals surface area contributed by atoms with Gasteiger partial charge in [-0.15, -0.1) is 11.3 Å². The van der Waals surface area contributed by atoms with Crippen molar-refractivity contribution in [2.75, 3.05) is 26.2 Å². The quantitative estimate of drug-likeness (QED) is 0.667. The third-order valence-electron chi connectivity index (χ3n) is 5.62. The molecule has 0 fully saturated rings. The first-order valence-corrected chi connectivity index (χ1v) is 10.8. The number of hydrogen-bond donors (Lipinski definition) is 1. The van der Waals surface area contributed by atoms with Crippen LogP contribution in [-0.2, 0) is 0 Å². The van der Waals surface area contributed by atoms with Crippen molar-refractivity contribution in [1.29, 1.82) is 0 Å². The van der Waals surface area contributed by atoms with Crippen molar-refractivity contribution in [2.45, 2.75) is 26.3 Å². The van der Waals surface area contributed by atoms with E-state index in [2.05, 4.69) is 13.8 Å². The summed E-state index contributed by atoms with van der Waals surface area (Å²) in [5.41, 5.74) is 0.862. The SMILES string of the molecule is CC[NH+](CC)CCCN1C(=O)c2oc3ccccc3c(=O)c2[C@@H]1c1cccs1. The highest BCUT2D eigenvalue weighted by atomic mass is 32.1. The van der Waals surface area contributed by atoms with Crippen LogP contribution in [0.25, 0.3) is 11.0 Å². The lowest BCUT2D eigenvalue weighted by atomic mass is 10.0. The first-order chi connectivity index (χ1) is 13.7. The van der Waals surface area contributed by atoms with E-state index >= 15 is 0 Å². The summed E-state index contributed by atoms with van der Waals surface area (Å²) in [7, 11) is 0. The minimum atomic E-state index is -0.352. The number of amides is 1. The fourth-order valence-corrected chi connectivity index (χ4v) is 4.89. The van der Waals surface area contributed by atoms with Crippen LogP contribution in [0.1, 0.15) is 47.3 Å². The zero-order valence-corrected chi connectivity index (χ0v) is 17.1. The molecule has 0 aliphatic carbocycles. The van der Waals surface area contributed by atoms with Crippen LogP contribution >= 0.6 is 11.3 Å². The molecule has 0 radical (unpaired) electrons. The molecule has 4 rings (SSSR count). The van der Waals surface area contributed by atoms with Crippen molar-refractivity contribution in [3.8, 4) is 0 Å². The van der Waals surface area contributed by atoms with Gasteiger partial charge < -0.3 is 14.2 Å². The molecule has 1 amide bonds. The lowest BCUT2D eigenvalue weighted by Crippen LogP contribution is -3.11. The molecule has 3 aromatic rings. The average Bonchev–Trinajstić information content (AvgIpc) is 3.33. The van der Waals surface area contributed by atoms with Crippen LogP contribution in [0.4, 0.5) is 0 Å². The number of quaternary nitrogens is 1. The molecule has 3 heterocycles. The maximum atomic E-state index is 13.3. The second-order valence-electron chi connectivity index (χ2n) is 7.15. The Morgan fingerprint density at radius 3 is 2.61 bits per heavy atom. The number of fused-ring (bicyclic) bond motifs is 2. The van der Waals surface area contributed by atoms with Gasteiger partial charge in [0.15, 0.2) is 5.43 Å². The minimum absolute atomic E-state index is 0.0968. The smallest absolute Gasteiger partial charge is 0.290 e. The number of thiophene rings is 1. The third kappa shape index (κ3) is 3.16. The first kappa shape index (κ1) is 18.9. The molecule has 0 saturated carbocycles. The Kier molecular flexibility index (Phi) is 5.33. The lowest BCUT2D eigenvalue weighted by Gasteiger charge is -2.24. The fraction of sp³-hybridized carbons (Fsp3) is 0.364. The molecule has 0 bridgehead atoms. The van der Waals surface area contributed by atoms with Gasteiger partial charge in [0.25, 0.3) is 5.91 Å². The Bertz CT molecular complexity index is 1040. The van der Waals surface area contributed by atoms with Crippen molar-refractivity contribution in [2.24, 2.45) is 0 Å². The predicted octanol–water partition coefficient (Wildman–Crippen LogP) is 2.71. The van der Waals surface area contributed by atoms with Gasteiger partial charge in [-0.05, 0) is 37.4 Å². The van der Waals surface area contributed by atoms with Gasteiger partial charge in [0, 0.05) is 17.8 Å². The summed E-state index contributed by atoms with van der Waals surface area (Å²) >= 11 is 1.57. The van der Waals surface area contributed by atoms with E-state index < -0.39 is 0 Å². The van der Waals surface area contributed by atoms with Crippen LogP contribution in [0.5, 0.6) is 0 Å². The minimum Gasteiger partial charge on any atom is -0.450 e. The van der Waals surface area contributed by atoms with Gasteiger partial charge in [0.05, 0.1) is 36.6 Å². The van der Waals surface area contributed by atoms with Crippen LogP contribution in [-0.4, -0.2) is 37.0 Å². The van der Waals surface area contributed by atoms with Gasteiger partial charge in [0.1, 0.15) is 5.58 Å². The van der Waals surface area contributed by atoms with Gasteiger partial charge in [-0.1, -0.05) is 18.2 Å². The Labute approximate surface area is 168 Å². The van der Waals surface area contributed by atoms with Crippen LogP contribution in [0.2, 0.25) is 0 Å². The fourth-order valence-electron chi connectivity index (χ4n) is 4.04. The summed E-state index contributed by atoms with van der Waals surface area (Å²) in [6.07, 6.45) is 0.895. The van der Waals surface area contributed by atoms with E-state index in [4.69, 9.17) is 4.42 Å². The van der Waals surface area contributed by atoms with Crippen molar-refractivity contribution >= 4 is 28.2 Å². The Balaban J connectivity index is 1.75. The molecule has 0 saturated heterocycles. The molecule has 1 N–H and O–H groups in total. The topological polar surface area (TPSA) is 55.0 Å². The number of rotatable bonds is 7. The van der Waals surface area contributed by atoms with Crippen LogP contribution in [0.3, 0.4) is 0 Å². The number of carbonyl (C=O) groups excluding carboxylic acids is 1. The van der Waals surface area contributed by atoms with Gasteiger partial charge >= 0.3 is 0 Å². The van der Waals surface area contributed by atoms with Crippen LogP contribution < -0.4 is 10.3 Å². The average molecular weight is 398 g/mol. The van der Waals surface area contributed by atoms with E-state index in [0.29, 0.717) is 23.1 Å². The number of para-hydroxylation sites is 1. The van der Waals surface area contributed by atoms with Crippen LogP contribution in [0, 0.1) is 0 Å². The Morgan fingerprint density at radius 2 is 1.89 bits per heavy atom. The van der Waals surface area contributed by atoms with Gasteiger partial charge in [0.2, 0.25) is 5.76 Å². The maximum absolute atomic E-state index is 13.3. The molecule has 1 atom stereocenters. The Morgan fingerprint density at radius 1 is 1.11 bits per heavy atom. The number of carbonyl (C=O) groups is 1. The van der Waals surface area contributed by atoms with E-state index in [1.165, 1.54) is 4.90 Å². The molecule has 1 aromatic carbocycles. The van der Waals surface area contributed by atoms with E-state index in [9.17, 15) is 9.59 Å². The molecule has 28 heavy (non-hydrogen) atoms. The highest BCUT2D eigenvalue weighted by Gasteiger charge is 2.42. The molecular weight excluding hydrogens is 372 g/mol. The summed E-state index contributed by atoms with van der Waals surface area (Å²) in [6, 6.07) is 10.8. The first-order valence-electron chi connectivity index (χ1n) is 9.89. The van der Waals surface area contributed by atoms with E-state index in [1.807, 2.05) is 34.5 Å². The van der Waals surface area contributed by atoms with E-state index in [0.717, 1.165) is 30.9 Å². The summed E-state index contributed by atoms with van der Waals surface area (Å²) in [4.78, 5) is 30.8. The molecule has 0 spiro atoms. The molecule has 5 nitrogen and oxygen atoms in total. The van der Waals surface area contributed by atoms with Crippen molar-refractivity contribution in [3.05, 3.63) is 68.2 Å². The highest BCUT2D eigenvalue weighted by Crippen LogP contribution is 2.39. The molecular formula is C22H25N2O3S+. The van der Waals surface area contributed by atoms with Crippen molar-refractivity contribution in [3.63, 3.8) is 0 Å². The largest absolute Gasteiger partial charge is 0.450 e. The number of nitrogens with one attached hydrogen (secondary N) is 1. The van der Waals surface area contributed by atoms with E-state index in [-0.39, 0.29) is 23.1 Å². The van der Waals surface area contributed by atoms with Crippen molar-refractivity contribution in [1.82, 2.24) is 4.90 Å². The standard InChI is InChI=1S/C22H24N2O3S/c1-3-23(4-2)12-8-13-24-19(17-11-7-14-28-17)18-20(25)15-9-5-6-10-16(15)27-21(18)22(24)26/h5-7,9-11,14,19H,3-4,8,12-13H2,1-2H3/p+1/t19-/m0/s1. The summed E-state index contributed by atoms with van der Waals surface area (Å²) < 4.78 is 5.93. The summed E-state index contributed by atoms with van der Waals surface area (Å²) in [6.45, 7) is 8.13. The normalized spacial score (nSPS) is 16.3. The maximum Gasteiger partial charge on any atom is 0.290 e. The zero-order valence-electron chi connectivity index (χ0n) is 16.2. The molecule has 1 aliphatic rings. The molecule has 6 heteroatoms. The zero-order chi connectivity index (χ0) is 19.7. The summed E-state index contributed by atoms with van der Waals surface area (Å²) in [5.74, 6) is 0.0306. The lowest BCUT2D eigenvalue weighted by molar-refractivity contribution is -0.896. The molecule has 0 unspecified atom stereocenters. The molecule has 146 valence electrons. The van der Waals surface area contributed by atoms with Gasteiger partial charge in [-0.25, -0.2) is 0 Å². The number of nitrogens with zero attached hydrogens (tertiary/aromatic N) is 1. The molecule has 1 aliphatic heterocycles. The second-order valence-corrected chi connectivity index (χ2v) is 8.13.